The summed E-state index contributed by atoms with van der Waals surface area (Å²) in [5.41, 5.74) is 1.45. The lowest BCUT2D eigenvalue weighted by Crippen LogP contribution is -2.49. The Hall–Kier alpha value is -2.33. The van der Waals surface area contributed by atoms with Crippen molar-refractivity contribution >= 4 is 17.7 Å². The maximum absolute atomic E-state index is 12.3. The number of rotatable bonds is 5. The second kappa shape index (κ2) is 8.36. The lowest BCUT2D eigenvalue weighted by Gasteiger charge is -2.31. The number of carbonyl (C=O) groups is 1. The van der Waals surface area contributed by atoms with Crippen LogP contribution in [-0.4, -0.2) is 27.4 Å². The van der Waals surface area contributed by atoms with Crippen molar-refractivity contribution in [3.05, 3.63) is 29.8 Å². The molecule has 0 aliphatic heterocycles. The average molecular weight is 399 g/mol. The molecule has 1 aromatic heterocycles. The first kappa shape index (κ1) is 20.4. The van der Waals surface area contributed by atoms with Gasteiger partial charge in [0.25, 0.3) is 5.22 Å². The number of hydrogen-bond acceptors (Lipinski definition) is 6. The minimum absolute atomic E-state index is 0.0842. The van der Waals surface area contributed by atoms with Crippen molar-refractivity contribution in [2.75, 3.05) is 5.75 Å². The second-order valence-electron chi connectivity index (χ2n) is 8.29. The first-order valence-electron chi connectivity index (χ1n) is 9.61. The first-order chi connectivity index (χ1) is 13.3. The molecule has 0 radical (unpaired) electrons. The van der Waals surface area contributed by atoms with Gasteiger partial charge in [-0.3, -0.25) is 4.79 Å². The number of nitrogens with one attached hydrogen (secondary N) is 1. The van der Waals surface area contributed by atoms with Gasteiger partial charge in [-0.2, -0.15) is 5.26 Å². The molecule has 1 saturated carbocycles. The van der Waals surface area contributed by atoms with Crippen molar-refractivity contribution in [3.8, 4) is 17.5 Å². The fourth-order valence-electron chi connectivity index (χ4n) is 3.35. The topological polar surface area (TPSA) is 91.8 Å². The van der Waals surface area contributed by atoms with Gasteiger partial charge in [-0.05, 0) is 36.0 Å². The summed E-state index contributed by atoms with van der Waals surface area (Å²) in [6.07, 6.45) is 4.50. The highest BCUT2D eigenvalue weighted by Crippen LogP contribution is 2.29. The summed E-state index contributed by atoms with van der Waals surface area (Å²) in [5, 5.41) is 20.8. The number of carbonyl (C=O) groups excluding carboxylic acids is 1. The number of aromatic nitrogens is 2. The van der Waals surface area contributed by atoms with Crippen molar-refractivity contribution in [2.45, 2.75) is 69.1 Å². The van der Waals surface area contributed by atoms with E-state index in [1.54, 1.807) is 0 Å². The molecule has 1 N–H and O–H groups in total. The fourth-order valence-corrected chi connectivity index (χ4v) is 3.91. The molecule has 1 amide bonds. The molecular formula is C21H26N4O2S. The van der Waals surface area contributed by atoms with Gasteiger partial charge < -0.3 is 9.73 Å². The van der Waals surface area contributed by atoms with Gasteiger partial charge in [0.05, 0.1) is 11.8 Å². The minimum Gasteiger partial charge on any atom is -0.411 e. The lowest BCUT2D eigenvalue weighted by molar-refractivity contribution is -0.120. The molecule has 1 heterocycles. The standard InChI is InChI=1S/C21H26N4O2S/c1-20(2,3)16-9-7-15(8-10-16)18-24-25-19(27-18)28-13-17(26)23-21(14-22)11-5-4-6-12-21/h7-10H,4-6,11-13H2,1-3H3,(H,23,26). The Morgan fingerprint density at radius 1 is 1.21 bits per heavy atom. The summed E-state index contributed by atoms with van der Waals surface area (Å²) in [6.45, 7) is 6.49. The Bertz CT molecular complexity index is 856. The van der Waals surface area contributed by atoms with E-state index in [9.17, 15) is 10.1 Å². The quantitative estimate of drug-likeness (QED) is 0.747. The third-order valence-electron chi connectivity index (χ3n) is 5.03. The molecule has 2 aromatic rings. The Kier molecular flexibility index (Phi) is 6.09. The van der Waals surface area contributed by atoms with Crippen LogP contribution in [0, 0.1) is 11.3 Å². The van der Waals surface area contributed by atoms with Crippen molar-refractivity contribution in [1.29, 1.82) is 5.26 Å². The van der Waals surface area contributed by atoms with Gasteiger partial charge >= 0.3 is 0 Å². The van der Waals surface area contributed by atoms with Crippen molar-refractivity contribution in [1.82, 2.24) is 15.5 Å². The number of amides is 1. The van der Waals surface area contributed by atoms with E-state index >= 15 is 0 Å². The lowest BCUT2D eigenvalue weighted by atomic mass is 9.83. The monoisotopic (exact) mass is 398 g/mol. The number of hydrogen-bond donors (Lipinski definition) is 1. The van der Waals surface area contributed by atoms with Gasteiger partial charge in [-0.15, -0.1) is 10.2 Å². The van der Waals surface area contributed by atoms with Crippen LogP contribution in [0.2, 0.25) is 0 Å². The summed E-state index contributed by atoms with van der Waals surface area (Å²) in [6, 6.07) is 10.4. The molecule has 1 aromatic carbocycles. The summed E-state index contributed by atoms with van der Waals surface area (Å²) < 4.78 is 5.68. The molecular weight excluding hydrogens is 372 g/mol. The van der Waals surface area contributed by atoms with Crippen LogP contribution in [0.3, 0.4) is 0 Å². The highest BCUT2D eigenvalue weighted by atomic mass is 32.2. The van der Waals surface area contributed by atoms with E-state index in [-0.39, 0.29) is 17.1 Å². The normalized spacial score (nSPS) is 16.4. The Balaban J connectivity index is 1.57. The van der Waals surface area contributed by atoms with Gasteiger partial charge in [0.1, 0.15) is 5.54 Å². The Morgan fingerprint density at radius 3 is 2.50 bits per heavy atom. The van der Waals surface area contributed by atoms with Crippen LogP contribution in [0.1, 0.15) is 58.4 Å². The van der Waals surface area contributed by atoms with Crippen molar-refractivity contribution < 1.29 is 9.21 Å². The number of benzene rings is 1. The molecule has 0 unspecified atom stereocenters. The molecule has 1 aliphatic rings. The fraction of sp³-hybridized carbons (Fsp3) is 0.524. The van der Waals surface area contributed by atoms with Crippen LogP contribution in [0.15, 0.2) is 33.9 Å². The second-order valence-corrected chi connectivity index (χ2v) is 9.22. The molecule has 0 saturated heterocycles. The van der Waals surface area contributed by atoms with Crippen LogP contribution in [0.25, 0.3) is 11.5 Å². The van der Waals surface area contributed by atoms with E-state index in [0.717, 1.165) is 37.7 Å². The molecule has 6 nitrogen and oxygen atoms in total. The molecule has 148 valence electrons. The van der Waals surface area contributed by atoms with E-state index in [1.807, 2.05) is 12.1 Å². The largest absolute Gasteiger partial charge is 0.411 e. The van der Waals surface area contributed by atoms with Gasteiger partial charge in [0.2, 0.25) is 11.8 Å². The summed E-state index contributed by atoms with van der Waals surface area (Å²) >= 11 is 1.19. The summed E-state index contributed by atoms with van der Waals surface area (Å²) in [7, 11) is 0. The van der Waals surface area contributed by atoms with Gasteiger partial charge in [0, 0.05) is 5.56 Å². The smallest absolute Gasteiger partial charge is 0.277 e. The molecule has 0 spiro atoms. The van der Waals surface area contributed by atoms with Gasteiger partial charge in [-0.1, -0.05) is 63.9 Å². The molecule has 7 heteroatoms. The van der Waals surface area contributed by atoms with E-state index < -0.39 is 5.54 Å². The van der Waals surface area contributed by atoms with Crippen molar-refractivity contribution in [2.24, 2.45) is 0 Å². The Labute approximate surface area is 170 Å². The number of thioether (sulfide) groups is 1. The van der Waals surface area contributed by atoms with Crippen LogP contribution in [0.4, 0.5) is 0 Å². The zero-order valence-corrected chi connectivity index (χ0v) is 17.4. The Morgan fingerprint density at radius 2 is 1.89 bits per heavy atom. The predicted octanol–water partition coefficient (Wildman–Crippen LogP) is 4.47. The summed E-state index contributed by atoms with van der Waals surface area (Å²) in [4.78, 5) is 12.3. The van der Waals surface area contributed by atoms with E-state index in [1.165, 1.54) is 17.3 Å². The number of nitrogens with zero attached hydrogens (tertiary/aromatic N) is 3. The third kappa shape index (κ3) is 4.93. The highest BCUT2D eigenvalue weighted by Gasteiger charge is 2.33. The molecule has 3 rings (SSSR count). The highest BCUT2D eigenvalue weighted by molar-refractivity contribution is 7.99. The van der Waals surface area contributed by atoms with Crippen LogP contribution >= 0.6 is 11.8 Å². The maximum Gasteiger partial charge on any atom is 0.277 e. The first-order valence-corrected chi connectivity index (χ1v) is 10.6. The summed E-state index contributed by atoms with van der Waals surface area (Å²) in [5.74, 6) is 0.403. The van der Waals surface area contributed by atoms with Gasteiger partial charge in [-0.25, -0.2) is 0 Å². The molecule has 28 heavy (non-hydrogen) atoms. The zero-order valence-electron chi connectivity index (χ0n) is 16.6. The minimum atomic E-state index is -0.718. The van der Waals surface area contributed by atoms with Crippen LogP contribution in [0.5, 0.6) is 0 Å². The van der Waals surface area contributed by atoms with Gasteiger partial charge in [0.15, 0.2) is 0 Å². The molecule has 0 atom stereocenters. The number of nitriles is 1. The zero-order chi connectivity index (χ0) is 20.2. The SMILES string of the molecule is CC(C)(C)c1ccc(-c2nnc(SCC(=O)NC3(C#N)CCCCC3)o2)cc1. The van der Waals surface area contributed by atoms with Crippen LogP contribution < -0.4 is 5.32 Å². The van der Waals surface area contributed by atoms with Crippen LogP contribution in [-0.2, 0) is 10.2 Å². The molecule has 1 aliphatic carbocycles. The van der Waals surface area contributed by atoms with E-state index in [2.05, 4.69) is 54.5 Å². The third-order valence-corrected chi connectivity index (χ3v) is 5.85. The average Bonchev–Trinajstić information content (AvgIpc) is 3.16. The van der Waals surface area contributed by atoms with E-state index in [4.69, 9.17) is 4.42 Å². The maximum atomic E-state index is 12.3. The van der Waals surface area contributed by atoms with Crippen molar-refractivity contribution in [3.63, 3.8) is 0 Å². The molecule has 0 bridgehead atoms. The molecule has 1 fully saturated rings. The van der Waals surface area contributed by atoms with E-state index in [0.29, 0.717) is 11.1 Å². The predicted molar refractivity (Wildman–Crippen MR) is 109 cm³/mol.